The summed E-state index contributed by atoms with van der Waals surface area (Å²) in [5.74, 6) is 5.26. The number of likely N-dealkylation sites (N-methyl/N-ethyl adjacent to an activating group) is 1. The predicted octanol–water partition coefficient (Wildman–Crippen LogP) is 8.88. The van der Waals surface area contributed by atoms with Crippen LogP contribution in [0.1, 0.15) is 33.9 Å². The summed E-state index contributed by atoms with van der Waals surface area (Å²) in [6, 6.07) is 22.0. The SMILES string of the molecule is COC(C(=O)N(C)OC)c1ccc(N2CCOCC2)nc1.COc1cc(-c2ccc(C(=O)C(OC)c3ccc(N4CCOCC4)nc3)o2)cc(OC)c1Br.COc1cc(-c2ccco2)cc(OC)c1Br. The first kappa shape index (κ1) is 53.4. The number of benzene rings is 2. The van der Waals surface area contributed by atoms with Crippen molar-refractivity contribution in [3.8, 4) is 45.6 Å². The highest BCUT2D eigenvalue weighted by atomic mass is 79.9. The van der Waals surface area contributed by atoms with Crippen molar-refractivity contribution in [1.82, 2.24) is 15.0 Å². The summed E-state index contributed by atoms with van der Waals surface area (Å²) in [5, 5.41) is 1.14. The number of nitrogens with zero attached hydrogens (tertiary/aromatic N) is 5. The fourth-order valence-electron chi connectivity index (χ4n) is 7.31. The highest BCUT2D eigenvalue weighted by Crippen LogP contribution is 2.41. The van der Waals surface area contributed by atoms with E-state index >= 15 is 0 Å². The van der Waals surface area contributed by atoms with Gasteiger partial charge >= 0.3 is 0 Å². The molecule has 0 aliphatic carbocycles. The van der Waals surface area contributed by atoms with Gasteiger partial charge in [0, 0.05) is 82.1 Å². The van der Waals surface area contributed by atoms with Crippen LogP contribution in [0.15, 0.2) is 109 Å². The number of aromatic nitrogens is 2. The first-order valence-electron chi connectivity index (χ1n) is 21.9. The Labute approximate surface area is 423 Å². The number of methoxy groups -OCH3 is 6. The quantitative estimate of drug-likeness (QED) is 0.0662. The van der Waals surface area contributed by atoms with E-state index in [2.05, 4.69) is 51.6 Å². The maximum Gasteiger partial charge on any atom is 0.279 e. The molecule has 2 saturated heterocycles. The average molecular weight is 1100 g/mol. The Morgan fingerprint density at radius 3 is 1.46 bits per heavy atom. The van der Waals surface area contributed by atoms with Gasteiger partial charge in [-0.1, -0.05) is 12.1 Å². The number of halogens is 2. The summed E-state index contributed by atoms with van der Waals surface area (Å²) in [6.07, 6.45) is 3.42. The maximum absolute atomic E-state index is 13.2. The molecule has 2 aliphatic rings. The number of amides is 1. The molecule has 6 aromatic rings. The van der Waals surface area contributed by atoms with Gasteiger partial charge in [0.1, 0.15) is 61.2 Å². The lowest BCUT2D eigenvalue weighted by Crippen LogP contribution is -2.36. The largest absolute Gasteiger partial charge is 0.495 e. The number of carbonyl (C=O) groups is 2. The van der Waals surface area contributed by atoms with Crippen molar-refractivity contribution in [3.63, 3.8) is 0 Å². The molecule has 2 unspecified atom stereocenters. The number of ketones is 1. The molecule has 0 spiro atoms. The smallest absolute Gasteiger partial charge is 0.279 e. The van der Waals surface area contributed by atoms with Crippen molar-refractivity contribution in [2.45, 2.75) is 12.2 Å². The zero-order valence-electron chi connectivity index (χ0n) is 40.3. The van der Waals surface area contributed by atoms with Crippen LogP contribution in [0.2, 0.25) is 0 Å². The molecule has 0 N–H and O–H groups in total. The molecule has 70 heavy (non-hydrogen) atoms. The van der Waals surface area contributed by atoms with Gasteiger partial charge in [-0.15, -0.1) is 0 Å². The van der Waals surface area contributed by atoms with Gasteiger partial charge in [0.15, 0.2) is 11.9 Å². The summed E-state index contributed by atoms with van der Waals surface area (Å²) in [7, 11) is 12.3. The second-order valence-corrected chi connectivity index (χ2v) is 16.8. The highest BCUT2D eigenvalue weighted by Gasteiger charge is 2.27. The van der Waals surface area contributed by atoms with Crippen LogP contribution >= 0.6 is 31.9 Å². The van der Waals surface area contributed by atoms with Crippen molar-refractivity contribution >= 4 is 55.2 Å². The van der Waals surface area contributed by atoms with Crippen molar-refractivity contribution in [2.75, 3.05) is 119 Å². The van der Waals surface area contributed by atoms with Gasteiger partial charge in [-0.2, -0.15) is 0 Å². The minimum Gasteiger partial charge on any atom is -0.495 e. The molecule has 1 amide bonds. The van der Waals surface area contributed by atoms with Crippen LogP contribution in [0.3, 0.4) is 0 Å². The molecule has 374 valence electrons. The molecule has 2 aromatic carbocycles. The van der Waals surface area contributed by atoms with Gasteiger partial charge in [0.05, 0.1) is 68.2 Å². The Hall–Kier alpha value is -6.00. The second-order valence-electron chi connectivity index (χ2n) is 15.2. The number of Topliss-reactive ketones (excluding diaryl/α,β-unsaturated/α-hetero) is 1. The molecular formula is C50H57Br2N5O13. The Bertz CT molecular complexity index is 2530. The number of hydrogen-bond donors (Lipinski definition) is 0. The standard InChI is InChI=1S/C24H25BrN2O6.C14H21N3O4.C12H11BrO3/c1-29-19-12-16(13-20(30-2)22(19)25)17-5-6-18(33-17)23(28)24(31-3)15-4-7-21(26-14-15)27-8-10-32-11-9-27;1-16(20-3)14(18)13(19-2)11-4-5-12(15-10-11)17-6-8-21-9-7-17;1-14-10-6-8(9-4-3-5-16-9)7-11(15-2)12(10)13/h4-7,12-14,24H,8-11H2,1-3H3;4-5,10,13H,6-9H2,1-3H3;3-7H,1-2H3. The summed E-state index contributed by atoms with van der Waals surface area (Å²) in [5.41, 5.74) is 2.99. The molecule has 0 bridgehead atoms. The van der Waals surface area contributed by atoms with Gasteiger partial charge in [0.25, 0.3) is 5.91 Å². The van der Waals surface area contributed by atoms with E-state index in [0.717, 1.165) is 64.2 Å². The number of carbonyl (C=O) groups excluding carboxylic acids is 2. The summed E-state index contributed by atoms with van der Waals surface area (Å²) >= 11 is 6.87. The monoisotopic (exact) mass is 1090 g/mol. The van der Waals surface area contributed by atoms with Crippen molar-refractivity contribution in [1.29, 1.82) is 0 Å². The third-order valence-electron chi connectivity index (χ3n) is 11.2. The van der Waals surface area contributed by atoms with Gasteiger partial charge in [-0.25, -0.2) is 15.0 Å². The van der Waals surface area contributed by atoms with Gasteiger partial charge in [-0.05, 0) is 92.5 Å². The van der Waals surface area contributed by atoms with E-state index in [9.17, 15) is 9.59 Å². The third-order valence-corrected chi connectivity index (χ3v) is 12.7. The minimum absolute atomic E-state index is 0.190. The molecule has 18 nitrogen and oxygen atoms in total. The molecule has 6 heterocycles. The number of morpholine rings is 2. The summed E-state index contributed by atoms with van der Waals surface area (Å²) < 4.78 is 55.5. The Balaban J connectivity index is 0.000000186. The van der Waals surface area contributed by atoms with E-state index in [0.29, 0.717) is 70.8 Å². The van der Waals surface area contributed by atoms with E-state index < -0.39 is 12.2 Å². The Morgan fingerprint density at radius 1 is 0.614 bits per heavy atom. The van der Waals surface area contributed by atoms with Crippen LogP contribution < -0.4 is 28.7 Å². The van der Waals surface area contributed by atoms with E-state index in [4.69, 9.17) is 51.6 Å². The molecule has 2 aliphatic heterocycles. The Kier molecular flexibility index (Phi) is 20.0. The molecule has 0 saturated carbocycles. The van der Waals surface area contributed by atoms with Crippen LogP contribution in [0.4, 0.5) is 11.6 Å². The first-order valence-corrected chi connectivity index (χ1v) is 23.5. The number of rotatable bonds is 16. The average Bonchev–Trinajstić information content (AvgIpc) is 4.15. The number of ether oxygens (including phenoxy) is 8. The number of hydroxylamine groups is 2. The lowest BCUT2D eigenvalue weighted by Gasteiger charge is -2.28. The summed E-state index contributed by atoms with van der Waals surface area (Å²) in [6.45, 7) is 6.01. The molecule has 8 rings (SSSR count). The minimum atomic E-state index is -0.829. The molecule has 0 radical (unpaired) electrons. The summed E-state index contributed by atoms with van der Waals surface area (Å²) in [4.78, 5) is 43.4. The van der Waals surface area contributed by atoms with Gasteiger partial charge in [0.2, 0.25) is 5.78 Å². The van der Waals surface area contributed by atoms with Crippen LogP contribution in [0, 0.1) is 0 Å². The van der Waals surface area contributed by atoms with Crippen LogP contribution in [-0.4, -0.2) is 136 Å². The van der Waals surface area contributed by atoms with Crippen LogP contribution in [0.25, 0.3) is 22.6 Å². The van der Waals surface area contributed by atoms with Crippen molar-refractivity contribution < 1.29 is 61.2 Å². The van der Waals surface area contributed by atoms with Crippen LogP contribution in [0.5, 0.6) is 23.0 Å². The topological polar surface area (TPSA) is 179 Å². The number of pyridine rings is 2. The third kappa shape index (κ3) is 13.2. The molecule has 2 fully saturated rings. The lowest BCUT2D eigenvalue weighted by molar-refractivity contribution is -0.179. The highest BCUT2D eigenvalue weighted by molar-refractivity contribution is 9.11. The zero-order chi connectivity index (χ0) is 50.2. The fraction of sp³-hybridized carbons (Fsp3) is 0.360. The van der Waals surface area contributed by atoms with Crippen molar-refractivity contribution in [3.05, 3.63) is 117 Å². The van der Waals surface area contributed by atoms with E-state index in [1.54, 1.807) is 66.3 Å². The van der Waals surface area contributed by atoms with Gasteiger partial charge in [-0.3, -0.25) is 14.4 Å². The fourth-order valence-corrected chi connectivity index (χ4v) is 8.42. The first-order chi connectivity index (χ1) is 34.0. The predicted molar refractivity (Wildman–Crippen MR) is 268 cm³/mol. The van der Waals surface area contributed by atoms with Crippen molar-refractivity contribution in [2.24, 2.45) is 0 Å². The molecule has 4 aromatic heterocycles. The second kappa shape index (κ2) is 26.3. The van der Waals surface area contributed by atoms with Gasteiger partial charge < -0.3 is 56.5 Å². The maximum atomic E-state index is 13.2. The van der Waals surface area contributed by atoms with E-state index in [-0.39, 0.29) is 17.5 Å². The normalized spacial score (nSPS) is 14.3. The molecule has 2 atom stereocenters. The van der Waals surface area contributed by atoms with E-state index in [1.165, 1.54) is 21.3 Å². The lowest BCUT2D eigenvalue weighted by atomic mass is 10.1. The number of anilines is 2. The number of hydrogen-bond acceptors (Lipinski definition) is 17. The zero-order valence-corrected chi connectivity index (χ0v) is 43.4. The number of furan rings is 2. The Morgan fingerprint density at radius 2 is 1.07 bits per heavy atom. The van der Waals surface area contributed by atoms with E-state index in [1.807, 2.05) is 60.7 Å². The molecule has 20 heteroatoms. The molecular weight excluding hydrogens is 1040 g/mol. The van der Waals surface area contributed by atoms with Crippen LogP contribution in [-0.2, 0) is 28.6 Å².